The van der Waals surface area contributed by atoms with Crippen molar-refractivity contribution < 1.29 is 22.6 Å². The van der Waals surface area contributed by atoms with Crippen LogP contribution in [-0.4, -0.2) is 93.7 Å². The Bertz CT molecular complexity index is 463. The van der Waals surface area contributed by atoms with Gasteiger partial charge in [0.25, 0.3) is 0 Å². The predicted octanol–water partition coefficient (Wildman–Crippen LogP) is 2.35. The summed E-state index contributed by atoms with van der Waals surface area (Å²) in [6.45, 7) is 9.61. The lowest BCUT2D eigenvalue weighted by Gasteiger charge is -2.39. The Kier molecular flexibility index (Phi) is 9.81. The minimum atomic E-state index is -4.18. The lowest BCUT2D eigenvalue weighted by Crippen LogP contribution is -2.56. The zero-order chi connectivity index (χ0) is 20.4. The number of hydrogen-bond donors (Lipinski definition) is 1. The van der Waals surface area contributed by atoms with Gasteiger partial charge in [0.15, 0.2) is 5.96 Å². The van der Waals surface area contributed by atoms with Gasteiger partial charge < -0.3 is 19.7 Å². The summed E-state index contributed by atoms with van der Waals surface area (Å²) in [7, 11) is 0. The lowest BCUT2D eigenvalue weighted by atomic mass is 10.0. The van der Waals surface area contributed by atoms with Crippen LogP contribution in [0.15, 0.2) is 4.99 Å². The van der Waals surface area contributed by atoms with Gasteiger partial charge in [0, 0.05) is 65.7 Å². The van der Waals surface area contributed by atoms with E-state index in [1.165, 1.54) is 11.8 Å². The molecule has 9 heteroatoms. The summed E-state index contributed by atoms with van der Waals surface area (Å²) in [4.78, 5) is 8.17. The number of rotatable bonds is 8. The van der Waals surface area contributed by atoms with E-state index in [0.29, 0.717) is 45.2 Å². The molecule has 2 aliphatic rings. The molecule has 0 bridgehead atoms. The zero-order valence-electron chi connectivity index (χ0n) is 17.1. The Labute approximate surface area is 166 Å². The Hall–Kier alpha value is -1.06. The lowest BCUT2D eigenvalue weighted by molar-refractivity contribution is -0.181. The molecule has 0 aromatic rings. The third-order valence-corrected chi connectivity index (χ3v) is 5.37. The number of piperazine rings is 1. The molecule has 1 N–H and O–H groups in total. The number of alkyl halides is 3. The van der Waals surface area contributed by atoms with Crippen molar-refractivity contribution in [2.75, 3.05) is 65.7 Å². The molecular weight excluding hydrogens is 373 g/mol. The van der Waals surface area contributed by atoms with Crippen LogP contribution in [0, 0.1) is 5.92 Å². The van der Waals surface area contributed by atoms with Crippen molar-refractivity contribution in [3.05, 3.63) is 0 Å². The largest absolute Gasteiger partial charge is 0.403 e. The van der Waals surface area contributed by atoms with E-state index < -0.39 is 12.2 Å². The number of nitrogens with zero attached hydrogens (tertiary/aromatic N) is 3. The van der Waals surface area contributed by atoms with Crippen molar-refractivity contribution in [3.63, 3.8) is 0 Å². The van der Waals surface area contributed by atoms with Crippen LogP contribution in [0.25, 0.3) is 0 Å². The van der Waals surface area contributed by atoms with Crippen LogP contribution in [0.1, 0.15) is 33.1 Å². The normalized spacial score (nSPS) is 21.8. The first-order valence-electron chi connectivity index (χ1n) is 10.4. The van der Waals surface area contributed by atoms with Crippen molar-refractivity contribution in [2.45, 2.75) is 45.3 Å². The molecule has 0 radical (unpaired) electrons. The van der Waals surface area contributed by atoms with Crippen molar-refractivity contribution >= 4 is 5.96 Å². The standard InChI is InChI=1S/C19H35F3N4O2/c1-3-23-18(24-7-4-12-28-15-17-5-13-27-14-6-17)26-10-8-25(9-11-26)16(2)19(20,21)22/h16-17H,3-15H2,1-2H3,(H,23,24). The predicted molar refractivity (Wildman–Crippen MR) is 104 cm³/mol. The number of guanidine groups is 1. The molecule has 164 valence electrons. The zero-order valence-corrected chi connectivity index (χ0v) is 17.1. The van der Waals surface area contributed by atoms with Crippen molar-refractivity contribution in [2.24, 2.45) is 10.9 Å². The van der Waals surface area contributed by atoms with Crippen molar-refractivity contribution in [1.82, 2.24) is 15.1 Å². The Morgan fingerprint density at radius 3 is 2.50 bits per heavy atom. The molecule has 2 saturated heterocycles. The summed E-state index contributed by atoms with van der Waals surface area (Å²) in [5, 5.41) is 3.25. The quantitative estimate of drug-likeness (QED) is 0.380. The van der Waals surface area contributed by atoms with Gasteiger partial charge in [-0.25, -0.2) is 0 Å². The fourth-order valence-electron chi connectivity index (χ4n) is 3.47. The van der Waals surface area contributed by atoms with Gasteiger partial charge in [-0.15, -0.1) is 0 Å². The molecule has 2 fully saturated rings. The van der Waals surface area contributed by atoms with Crippen LogP contribution in [0.3, 0.4) is 0 Å². The number of ether oxygens (including phenoxy) is 2. The molecule has 2 aliphatic heterocycles. The molecule has 1 unspecified atom stereocenters. The first-order chi connectivity index (χ1) is 13.4. The number of hydrogen-bond acceptors (Lipinski definition) is 4. The smallest absolute Gasteiger partial charge is 0.381 e. The second kappa shape index (κ2) is 11.8. The van der Waals surface area contributed by atoms with Gasteiger partial charge in [-0.3, -0.25) is 9.89 Å². The van der Waals surface area contributed by atoms with E-state index in [0.717, 1.165) is 51.6 Å². The minimum Gasteiger partial charge on any atom is -0.381 e. The topological polar surface area (TPSA) is 49.3 Å². The third-order valence-electron chi connectivity index (χ3n) is 5.37. The summed E-state index contributed by atoms with van der Waals surface area (Å²) in [6.07, 6.45) is -1.20. The van der Waals surface area contributed by atoms with Crippen molar-refractivity contribution in [3.8, 4) is 0 Å². The molecule has 0 spiro atoms. The first kappa shape index (κ1) is 23.2. The highest BCUT2D eigenvalue weighted by molar-refractivity contribution is 5.80. The van der Waals surface area contributed by atoms with Crippen molar-refractivity contribution in [1.29, 1.82) is 0 Å². The average molecular weight is 409 g/mol. The molecule has 0 aromatic heterocycles. The molecule has 0 aliphatic carbocycles. The summed E-state index contributed by atoms with van der Waals surface area (Å²) >= 11 is 0. The van der Waals surface area contributed by atoms with Crippen LogP contribution in [-0.2, 0) is 9.47 Å². The number of nitrogens with one attached hydrogen (secondary N) is 1. The van der Waals surface area contributed by atoms with Gasteiger partial charge in [-0.2, -0.15) is 13.2 Å². The van der Waals surface area contributed by atoms with E-state index in [2.05, 4.69) is 10.3 Å². The number of halogens is 3. The van der Waals surface area contributed by atoms with Gasteiger partial charge >= 0.3 is 6.18 Å². The van der Waals surface area contributed by atoms with Crippen LogP contribution >= 0.6 is 0 Å². The minimum absolute atomic E-state index is 0.388. The van der Waals surface area contributed by atoms with E-state index in [1.54, 1.807) is 0 Å². The average Bonchev–Trinajstić information content (AvgIpc) is 2.69. The summed E-state index contributed by atoms with van der Waals surface area (Å²) in [6, 6.07) is -1.40. The summed E-state index contributed by atoms with van der Waals surface area (Å²) < 4.78 is 49.8. The molecule has 1 atom stereocenters. The van der Waals surface area contributed by atoms with Gasteiger partial charge in [0.2, 0.25) is 0 Å². The molecule has 0 saturated carbocycles. The number of aliphatic imine (C=N–C) groups is 1. The highest BCUT2D eigenvalue weighted by Gasteiger charge is 2.41. The molecule has 2 heterocycles. The maximum absolute atomic E-state index is 12.9. The molecule has 2 rings (SSSR count). The fraction of sp³-hybridized carbons (Fsp3) is 0.947. The molecule has 0 aromatic carbocycles. The van der Waals surface area contributed by atoms with Gasteiger partial charge in [0.1, 0.15) is 6.04 Å². The summed E-state index contributed by atoms with van der Waals surface area (Å²) in [5.74, 6) is 1.39. The van der Waals surface area contributed by atoms with Gasteiger partial charge in [-0.1, -0.05) is 0 Å². The fourth-order valence-corrected chi connectivity index (χ4v) is 3.47. The molecule has 0 amide bonds. The van der Waals surface area contributed by atoms with E-state index in [1.807, 2.05) is 11.8 Å². The maximum Gasteiger partial charge on any atom is 0.403 e. The molecule has 28 heavy (non-hydrogen) atoms. The Morgan fingerprint density at radius 2 is 1.89 bits per heavy atom. The van der Waals surface area contributed by atoms with Gasteiger partial charge in [-0.05, 0) is 39.0 Å². The van der Waals surface area contributed by atoms with E-state index in [4.69, 9.17) is 9.47 Å². The highest BCUT2D eigenvalue weighted by atomic mass is 19.4. The van der Waals surface area contributed by atoms with E-state index in [-0.39, 0.29) is 0 Å². The van der Waals surface area contributed by atoms with Gasteiger partial charge in [0.05, 0.1) is 0 Å². The molecular formula is C19H35F3N4O2. The van der Waals surface area contributed by atoms with E-state index >= 15 is 0 Å². The first-order valence-corrected chi connectivity index (χ1v) is 10.4. The maximum atomic E-state index is 12.9. The van der Waals surface area contributed by atoms with Crippen LogP contribution < -0.4 is 5.32 Å². The highest BCUT2D eigenvalue weighted by Crippen LogP contribution is 2.25. The Balaban J connectivity index is 1.68. The second-order valence-electron chi connectivity index (χ2n) is 7.46. The Morgan fingerprint density at radius 1 is 1.21 bits per heavy atom. The van der Waals surface area contributed by atoms with E-state index in [9.17, 15) is 13.2 Å². The summed E-state index contributed by atoms with van der Waals surface area (Å²) in [5.41, 5.74) is 0. The molecule has 6 nitrogen and oxygen atoms in total. The van der Waals surface area contributed by atoms with Crippen LogP contribution in [0.2, 0.25) is 0 Å². The van der Waals surface area contributed by atoms with Crippen LogP contribution in [0.5, 0.6) is 0 Å². The SMILES string of the molecule is CCNC(=NCCCOCC1CCOCC1)N1CCN(C(C)C(F)(F)F)CC1. The van der Waals surface area contributed by atoms with Crippen LogP contribution in [0.4, 0.5) is 13.2 Å². The second-order valence-corrected chi connectivity index (χ2v) is 7.46. The monoisotopic (exact) mass is 408 g/mol. The third kappa shape index (κ3) is 7.75.